The lowest BCUT2D eigenvalue weighted by Crippen LogP contribution is -2.17. The molecule has 5 heteroatoms. The van der Waals surface area contributed by atoms with Crippen LogP contribution < -0.4 is 5.32 Å². The Bertz CT molecular complexity index is 455. The first kappa shape index (κ1) is 14.0. The van der Waals surface area contributed by atoms with Crippen molar-refractivity contribution >= 4 is 15.5 Å². The average Bonchev–Trinajstić information content (AvgIpc) is 2.29. The fraction of sp³-hybridized carbons (Fsp3) is 0.500. The molecule has 96 valence electrons. The fourth-order valence-corrected chi connectivity index (χ4v) is 2.34. The Hall–Kier alpha value is -1.07. The Kier molecular flexibility index (Phi) is 4.96. The van der Waals surface area contributed by atoms with Crippen LogP contribution in [0.4, 0.5) is 5.69 Å². The molecule has 0 saturated carbocycles. The molecule has 4 nitrogen and oxygen atoms in total. The van der Waals surface area contributed by atoms with Crippen LogP contribution in [-0.2, 0) is 9.84 Å². The number of hydrogen-bond acceptors (Lipinski definition) is 4. The van der Waals surface area contributed by atoms with Crippen LogP contribution in [0.2, 0.25) is 0 Å². The van der Waals surface area contributed by atoms with Crippen molar-refractivity contribution in [2.45, 2.75) is 37.0 Å². The highest BCUT2D eigenvalue weighted by Gasteiger charge is 2.20. The first-order chi connectivity index (χ1) is 7.98. The number of anilines is 1. The normalized spacial score (nSPS) is 13.4. The molecule has 1 aromatic carbocycles. The molecule has 1 aromatic rings. The highest BCUT2D eigenvalue weighted by atomic mass is 32.2. The maximum Gasteiger partial charge on any atom is 0.204 e. The minimum atomic E-state index is -3.61. The van der Waals surface area contributed by atoms with Gasteiger partial charge in [0.2, 0.25) is 9.84 Å². The van der Waals surface area contributed by atoms with Gasteiger partial charge in [-0.3, -0.25) is 0 Å². The molecule has 0 aliphatic carbocycles. The van der Waals surface area contributed by atoms with Gasteiger partial charge in [-0.15, -0.1) is 0 Å². The lowest BCUT2D eigenvalue weighted by atomic mass is 10.3. The third-order valence-corrected chi connectivity index (χ3v) is 4.28. The van der Waals surface area contributed by atoms with Crippen molar-refractivity contribution in [2.24, 2.45) is 0 Å². The Balaban J connectivity index is 2.86. The van der Waals surface area contributed by atoms with Crippen LogP contribution in [0, 0.1) is 0 Å². The summed E-state index contributed by atoms with van der Waals surface area (Å²) in [5, 5.41) is 12.4. The van der Waals surface area contributed by atoms with E-state index in [4.69, 9.17) is 0 Å². The lowest BCUT2D eigenvalue weighted by Gasteiger charge is -2.10. The number of rotatable bonds is 6. The quantitative estimate of drug-likeness (QED) is 0.765. The predicted molar refractivity (Wildman–Crippen MR) is 68.7 cm³/mol. The molecule has 0 aliphatic rings. The second-order valence-corrected chi connectivity index (χ2v) is 6.20. The molecule has 1 unspecified atom stereocenters. The van der Waals surface area contributed by atoms with Gasteiger partial charge in [-0.05, 0) is 31.5 Å². The van der Waals surface area contributed by atoms with Gasteiger partial charge >= 0.3 is 0 Å². The molecule has 0 heterocycles. The zero-order chi connectivity index (χ0) is 12.9. The van der Waals surface area contributed by atoms with Crippen LogP contribution >= 0.6 is 0 Å². The SMILES string of the molecule is CCCCNc1cccc(S(=O)(=O)C(C)O)c1. The van der Waals surface area contributed by atoms with Gasteiger partial charge < -0.3 is 10.4 Å². The summed E-state index contributed by atoms with van der Waals surface area (Å²) in [6, 6.07) is 6.53. The number of benzene rings is 1. The zero-order valence-corrected chi connectivity index (χ0v) is 11.0. The first-order valence-corrected chi connectivity index (χ1v) is 7.29. The highest BCUT2D eigenvalue weighted by Crippen LogP contribution is 2.19. The maximum atomic E-state index is 11.7. The topological polar surface area (TPSA) is 66.4 Å². The summed E-state index contributed by atoms with van der Waals surface area (Å²) >= 11 is 0. The van der Waals surface area contributed by atoms with E-state index in [1.165, 1.54) is 13.0 Å². The molecular weight excluding hydrogens is 238 g/mol. The molecule has 0 saturated heterocycles. The zero-order valence-electron chi connectivity index (χ0n) is 10.2. The second-order valence-electron chi connectivity index (χ2n) is 3.95. The summed E-state index contributed by atoms with van der Waals surface area (Å²) in [5.74, 6) is 0. The van der Waals surface area contributed by atoms with Crippen LogP contribution in [0.15, 0.2) is 29.2 Å². The Morgan fingerprint density at radius 3 is 2.71 bits per heavy atom. The van der Waals surface area contributed by atoms with E-state index in [0.717, 1.165) is 25.1 Å². The van der Waals surface area contributed by atoms with E-state index in [2.05, 4.69) is 12.2 Å². The largest absolute Gasteiger partial charge is 0.385 e. The molecule has 0 bridgehead atoms. The van der Waals surface area contributed by atoms with Gasteiger partial charge in [0.15, 0.2) is 5.44 Å². The van der Waals surface area contributed by atoms with Gasteiger partial charge in [-0.25, -0.2) is 8.42 Å². The Morgan fingerprint density at radius 2 is 2.12 bits per heavy atom. The standard InChI is InChI=1S/C12H19NO3S/c1-3-4-8-13-11-6-5-7-12(9-11)17(15,16)10(2)14/h5-7,9-10,13-14H,3-4,8H2,1-2H3. The highest BCUT2D eigenvalue weighted by molar-refractivity contribution is 7.91. The smallest absolute Gasteiger partial charge is 0.204 e. The van der Waals surface area contributed by atoms with E-state index >= 15 is 0 Å². The van der Waals surface area contributed by atoms with Gasteiger partial charge in [0, 0.05) is 12.2 Å². The van der Waals surface area contributed by atoms with Gasteiger partial charge in [0.25, 0.3) is 0 Å². The monoisotopic (exact) mass is 257 g/mol. The predicted octanol–water partition coefficient (Wildman–Crippen LogP) is 2.01. The Morgan fingerprint density at radius 1 is 1.41 bits per heavy atom. The number of hydrogen-bond donors (Lipinski definition) is 2. The van der Waals surface area contributed by atoms with Crippen LogP contribution in [0.3, 0.4) is 0 Å². The van der Waals surface area contributed by atoms with Gasteiger partial charge in [0.05, 0.1) is 4.90 Å². The minimum absolute atomic E-state index is 0.147. The van der Waals surface area contributed by atoms with E-state index in [9.17, 15) is 13.5 Å². The third-order valence-electron chi connectivity index (χ3n) is 2.47. The number of nitrogens with one attached hydrogen (secondary N) is 1. The first-order valence-electron chi connectivity index (χ1n) is 5.74. The van der Waals surface area contributed by atoms with Crippen LogP contribution in [0.5, 0.6) is 0 Å². The summed E-state index contributed by atoms with van der Waals surface area (Å²) < 4.78 is 23.5. The maximum absolute atomic E-state index is 11.7. The summed E-state index contributed by atoms with van der Waals surface area (Å²) in [5.41, 5.74) is -0.617. The number of aliphatic hydroxyl groups excluding tert-OH is 1. The van der Waals surface area contributed by atoms with Crippen LogP contribution in [0.25, 0.3) is 0 Å². The summed E-state index contributed by atoms with van der Waals surface area (Å²) in [4.78, 5) is 0.147. The van der Waals surface area contributed by atoms with E-state index in [1.54, 1.807) is 12.1 Å². The Labute approximate surface area is 103 Å². The molecule has 0 amide bonds. The van der Waals surface area contributed by atoms with Crippen LogP contribution in [-0.4, -0.2) is 25.5 Å². The number of unbranched alkanes of at least 4 members (excludes halogenated alkanes) is 1. The molecule has 0 radical (unpaired) electrons. The summed E-state index contributed by atoms with van der Waals surface area (Å²) in [6.07, 6.45) is 2.12. The van der Waals surface area contributed by atoms with Gasteiger partial charge in [-0.1, -0.05) is 19.4 Å². The molecule has 0 aromatic heterocycles. The number of aliphatic hydroxyl groups is 1. The average molecular weight is 257 g/mol. The van der Waals surface area contributed by atoms with Gasteiger partial charge in [0.1, 0.15) is 0 Å². The molecule has 0 aliphatic heterocycles. The molecule has 17 heavy (non-hydrogen) atoms. The van der Waals surface area contributed by atoms with Gasteiger partial charge in [-0.2, -0.15) is 0 Å². The molecular formula is C12H19NO3S. The van der Waals surface area contributed by atoms with E-state index in [1.807, 2.05) is 6.07 Å². The van der Waals surface area contributed by atoms with Crippen molar-refractivity contribution in [3.8, 4) is 0 Å². The molecule has 0 fully saturated rings. The van der Waals surface area contributed by atoms with Crippen LogP contribution in [0.1, 0.15) is 26.7 Å². The molecule has 2 N–H and O–H groups in total. The van der Waals surface area contributed by atoms with Crippen molar-refractivity contribution in [3.63, 3.8) is 0 Å². The minimum Gasteiger partial charge on any atom is -0.385 e. The number of sulfone groups is 1. The molecule has 1 rings (SSSR count). The summed E-state index contributed by atoms with van der Waals surface area (Å²) in [7, 11) is -3.61. The van der Waals surface area contributed by atoms with Crippen molar-refractivity contribution in [1.82, 2.24) is 0 Å². The van der Waals surface area contributed by atoms with Crippen molar-refractivity contribution in [3.05, 3.63) is 24.3 Å². The molecule has 1 atom stereocenters. The van der Waals surface area contributed by atoms with Crippen molar-refractivity contribution in [1.29, 1.82) is 0 Å². The summed E-state index contributed by atoms with van der Waals surface area (Å²) in [6.45, 7) is 4.16. The van der Waals surface area contributed by atoms with E-state index < -0.39 is 15.3 Å². The lowest BCUT2D eigenvalue weighted by molar-refractivity contribution is 0.268. The van der Waals surface area contributed by atoms with E-state index in [-0.39, 0.29) is 4.90 Å². The second kappa shape index (κ2) is 6.02. The van der Waals surface area contributed by atoms with E-state index in [0.29, 0.717) is 0 Å². The molecule has 0 spiro atoms. The van der Waals surface area contributed by atoms with Crippen molar-refractivity contribution < 1.29 is 13.5 Å². The fourth-order valence-electron chi connectivity index (χ4n) is 1.39. The third kappa shape index (κ3) is 3.71. The van der Waals surface area contributed by atoms with Crippen molar-refractivity contribution in [2.75, 3.05) is 11.9 Å².